The quantitative estimate of drug-likeness (QED) is 0.800. The third-order valence-corrected chi connectivity index (χ3v) is 2.77. The normalized spacial score (nSPS) is 10.5. The van der Waals surface area contributed by atoms with Gasteiger partial charge in [0.05, 0.1) is 25.5 Å². The summed E-state index contributed by atoms with van der Waals surface area (Å²) in [7, 11) is 2.98. The Labute approximate surface area is 117 Å². The second-order valence-electron chi connectivity index (χ2n) is 4.07. The van der Waals surface area contributed by atoms with Crippen LogP contribution in [0.5, 0.6) is 5.75 Å². The Morgan fingerprint density at radius 1 is 1.05 bits per heavy atom. The van der Waals surface area contributed by atoms with Crippen LogP contribution in [0.3, 0.4) is 0 Å². The van der Waals surface area contributed by atoms with Gasteiger partial charge >= 0.3 is 5.97 Å². The molecule has 0 unspecified atom stereocenters. The van der Waals surface area contributed by atoms with Crippen molar-refractivity contribution < 1.29 is 14.3 Å². The van der Waals surface area contributed by atoms with E-state index in [1.165, 1.54) is 13.3 Å². The van der Waals surface area contributed by atoms with Gasteiger partial charge in [0.2, 0.25) is 0 Å². The van der Waals surface area contributed by atoms with Crippen LogP contribution in [0.4, 0.5) is 0 Å². The number of rotatable bonds is 4. The third-order valence-electron chi connectivity index (χ3n) is 2.77. The fourth-order valence-electron chi connectivity index (χ4n) is 1.64. The molecule has 0 spiro atoms. The molecule has 2 rings (SSSR count). The monoisotopic (exact) mass is 269 g/mol. The SMILES string of the molecule is COC(=O)c1ccc(/C=C/c2ccc(OC)cc2)nc1. The minimum absolute atomic E-state index is 0.386. The van der Waals surface area contributed by atoms with Gasteiger partial charge in [-0.15, -0.1) is 0 Å². The molecule has 0 N–H and O–H groups in total. The van der Waals surface area contributed by atoms with Crippen molar-refractivity contribution in [1.82, 2.24) is 4.98 Å². The number of benzene rings is 1. The Balaban J connectivity index is 2.08. The number of carbonyl (C=O) groups is 1. The molecule has 0 aliphatic carbocycles. The van der Waals surface area contributed by atoms with Gasteiger partial charge in [0.25, 0.3) is 0 Å². The first-order valence-electron chi connectivity index (χ1n) is 6.09. The first kappa shape index (κ1) is 13.8. The van der Waals surface area contributed by atoms with Gasteiger partial charge in [0.15, 0.2) is 0 Å². The van der Waals surface area contributed by atoms with Crippen molar-refractivity contribution in [2.24, 2.45) is 0 Å². The van der Waals surface area contributed by atoms with Crippen LogP contribution in [0.1, 0.15) is 21.6 Å². The average Bonchev–Trinajstić information content (AvgIpc) is 2.53. The molecule has 0 amide bonds. The zero-order chi connectivity index (χ0) is 14.4. The van der Waals surface area contributed by atoms with Gasteiger partial charge in [-0.1, -0.05) is 18.2 Å². The number of methoxy groups -OCH3 is 2. The summed E-state index contributed by atoms with van der Waals surface area (Å²) in [6.45, 7) is 0. The van der Waals surface area contributed by atoms with Crippen LogP contribution in [0.15, 0.2) is 42.6 Å². The minimum Gasteiger partial charge on any atom is -0.497 e. The zero-order valence-corrected chi connectivity index (χ0v) is 11.4. The number of ether oxygens (including phenoxy) is 2. The lowest BCUT2D eigenvalue weighted by atomic mass is 10.2. The van der Waals surface area contributed by atoms with E-state index >= 15 is 0 Å². The van der Waals surface area contributed by atoms with Gasteiger partial charge in [-0.2, -0.15) is 0 Å². The Bertz CT molecular complexity index is 601. The lowest BCUT2D eigenvalue weighted by Crippen LogP contribution is -2.01. The molecule has 1 aromatic carbocycles. The van der Waals surface area contributed by atoms with Crippen LogP contribution < -0.4 is 4.74 Å². The maximum absolute atomic E-state index is 11.3. The summed E-state index contributed by atoms with van der Waals surface area (Å²) in [6, 6.07) is 11.2. The molecule has 0 saturated carbocycles. The van der Waals surface area contributed by atoms with Crippen molar-refractivity contribution in [2.75, 3.05) is 14.2 Å². The highest BCUT2D eigenvalue weighted by atomic mass is 16.5. The summed E-state index contributed by atoms with van der Waals surface area (Å²) in [5.74, 6) is 0.436. The van der Waals surface area contributed by atoms with Gasteiger partial charge < -0.3 is 9.47 Å². The van der Waals surface area contributed by atoms with Gasteiger partial charge in [0, 0.05) is 6.20 Å². The van der Waals surface area contributed by atoms with E-state index in [1.807, 2.05) is 36.4 Å². The predicted molar refractivity (Wildman–Crippen MR) is 77.5 cm³/mol. The molecule has 0 fully saturated rings. The van der Waals surface area contributed by atoms with Crippen LogP contribution in [-0.4, -0.2) is 25.2 Å². The van der Waals surface area contributed by atoms with Crippen LogP contribution >= 0.6 is 0 Å². The molecular formula is C16H15NO3. The summed E-state index contributed by atoms with van der Waals surface area (Å²) in [5, 5.41) is 0. The highest BCUT2D eigenvalue weighted by molar-refractivity contribution is 5.89. The largest absolute Gasteiger partial charge is 0.497 e. The molecule has 4 heteroatoms. The minimum atomic E-state index is -0.386. The van der Waals surface area contributed by atoms with E-state index in [0.29, 0.717) is 5.56 Å². The van der Waals surface area contributed by atoms with E-state index in [-0.39, 0.29) is 5.97 Å². The van der Waals surface area contributed by atoms with Gasteiger partial charge in [-0.25, -0.2) is 4.79 Å². The highest BCUT2D eigenvalue weighted by Gasteiger charge is 2.04. The Hall–Kier alpha value is -2.62. The molecule has 0 saturated heterocycles. The zero-order valence-electron chi connectivity index (χ0n) is 11.4. The number of esters is 1. The van der Waals surface area contributed by atoms with E-state index in [0.717, 1.165) is 17.0 Å². The van der Waals surface area contributed by atoms with E-state index < -0.39 is 0 Å². The Morgan fingerprint density at radius 2 is 1.80 bits per heavy atom. The van der Waals surface area contributed by atoms with Crippen molar-refractivity contribution >= 4 is 18.1 Å². The molecule has 4 nitrogen and oxygen atoms in total. The number of hydrogen-bond acceptors (Lipinski definition) is 4. The van der Waals surface area contributed by atoms with E-state index in [1.54, 1.807) is 19.2 Å². The molecule has 0 aliphatic heterocycles. The first-order valence-corrected chi connectivity index (χ1v) is 6.09. The molecule has 1 heterocycles. The number of pyridine rings is 1. The summed E-state index contributed by atoms with van der Waals surface area (Å²) < 4.78 is 9.72. The maximum Gasteiger partial charge on any atom is 0.339 e. The Morgan fingerprint density at radius 3 is 2.35 bits per heavy atom. The summed E-state index contributed by atoms with van der Waals surface area (Å²) in [4.78, 5) is 15.5. The lowest BCUT2D eigenvalue weighted by molar-refractivity contribution is 0.0600. The number of hydrogen-bond donors (Lipinski definition) is 0. The molecule has 0 radical (unpaired) electrons. The summed E-state index contributed by atoms with van der Waals surface area (Å²) in [5.41, 5.74) is 2.26. The highest BCUT2D eigenvalue weighted by Crippen LogP contribution is 2.13. The molecule has 1 aromatic heterocycles. The van der Waals surface area contributed by atoms with Gasteiger partial charge in [0.1, 0.15) is 5.75 Å². The van der Waals surface area contributed by atoms with Crippen molar-refractivity contribution in [3.05, 3.63) is 59.4 Å². The topological polar surface area (TPSA) is 48.4 Å². The van der Waals surface area contributed by atoms with Gasteiger partial charge in [-0.3, -0.25) is 4.98 Å². The maximum atomic E-state index is 11.3. The van der Waals surface area contributed by atoms with E-state index in [9.17, 15) is 4.79 Å². The van der Waals surface area contributed by atoms with Crippen molar-refractivity contribution in [3.8, 4) is 5.75 Å². The molecule has 0 aliphatic rings. The number of aromatic nitrogens is 1. The third kappa shape index (κ3) is 3.45. The van der Waals surface area contributed by atoms with Crippen molar-refractivity contribution in [3.63, 3.8) is 0 Å². The van der Waals surface area contributed by atoms with E-state index in [4.69, 9.17) is 4.74 Å². The second kappa shape index (κ2) is 6.52. The molecule has 20 heavy (non-hydrogen) atoms. The average molecular weight is 269 g/mol. The molecular weight excluding hydrogens is 254 g/mol. The fraction of sp³-hybridized carbons (Fsp3) is 0.125. The van der Waals surface area contributed by atoms with Crippen LogP contribution in [0.2, 0.25) is 0 Å². The lowest BCUT2D eigenvalue weighted by Gasteiger charge is -2.00. The van der Waals surface area contributed by atoms with Gasteiger partial charge in [-0.05, 0) is 35.9 Å². The van der Waals surface area contributed by atoms with Crippen molar-refractivity contribution in [1.29, 1.82) is 0 Å². The first-order chi connectivity index (χ1) is 9.72. The standard InChI is InChI=1S/C16H15NO3/c1-19-15-9-4-12(5-10-15)3-7-14-8-6-13(11-17-14)16(18)20-2/h3-11H,1-2H3/b7-3+. The number of carbonyl (C=O) groups excluding carboxylic acids is 1. The van der Waals surface area contributed by atoms with Crippen LogP contribution in [0, 0.1) is 0 Å². The molecule has 102 valence electrons. The second-order valence-corrected chi connectivity index (χ2v) is 4.07. The van der Waals surface area contributed by atoms with Crippen LogP contribution in [0.25, 0.3) is 12.2 Å². The molecule has 2 aromatic rings. The predicted octanol–water partition coefficient (Wildman–Crippen LogP) is 3.05. The van der Waals surface area contributed by atoms with E-state index in [2.05, 4.69) is 9.72 Å². The summed E-state index contributed by atoms with van der Waals surface area (Å²) in [6.07, 6.45) is 5.32. The van der Waals surface area contributed by atoms with Crippen LogP contribution in [-0.2, 0) is 4.74 Å². The smallest absolute Gasteiger partial charge is 0.339 e. The molecule has 0 bridgehead atoms. The Kier molecular flexibility index (Phi) is 4.50. The fourth-order valence-corrected chi connectivity index (χ4v) is 1.64. The number of nitrogens with zero attached hydrogens (tertiary/aromatic N) is 1. The summed E-state index contributed by atoms with van der Waals surface area (Å²) >= 11 is 0. The van der Waals surface area contributed by atoms with Crippen molar-refractivity contribution in [2.45, 2.75) is 0 Å². The molecule has 0 atom stereocenters.